The minimum atomic E-state index is 0.211. The molecule has 0 saturated heterocycles. The van der Waals surface area contributed by atoms with Crippen LogP contribution in [0.5, 0.6) is 0 Å². The van der Waals surface area contributed by atoms with Gasteiger partial charge < -0.3 is 5.32 Å². The fourth-order valence-corrected chi connectivity index (χ4v) is 3.19. The van der Waals surface area contributed by atoms with Crippen molar-refractivity contribution in [3.05, 3.63) is 58.3 Å². The largest absolute Gasteiger partial charge is 0.309 e. The second-order valence-corrected chi connectivity index (χ2v) is 6.85. The van der Waals surface area contributed by atoms with Crippen LogP contribution >= 0.6 is 11.3 Å². The first-order chi connectivity index (χ1) is 9.08. The molecular formula is C17H23NS. The van der Waals surface area contributed by atoms with Gasteiger partial charge in [-0.25, -0.2) is 0 Å². The Balaban J connectivity index is 1.89. The van der Waals surface area contributed by atoms with E-state index in [1.54, 1.807) is 0 Å². The van der Waals surface area contributed by atoms with Crippen molar-refractivity contribution < 1.29 is 0 Å². The van der Waals surface area contributed by atoms with Gasteiger partial charge in [-0.3, -0.25) is 0 Å². The maximum Gasteiger partial charge on any atom is 0.0302 e. The molecule has 0 aliphatic carbocycles. The molecule has 1 nitrogen and oxygen atoms in total. The molecule has 1 unspecified atom stereocenters. The van der Waals surface area contributed by atoms with Crippen molar-refractivity contribution in [3.63, 3.8) is 0 Å². The van der Waals surface area contributed by atoms with E-state index in [4.69, 9.17) is 0 Å². The van der Waals surface area contributed by atoms with E-state index in [1.807, 2.05) is 11.3 Å². The first-order valence-corrected chi connectivity index (χ1v) is 7.77. The number of benzene rings is 1. The van der Waals surface area contributed by atoms with Gasteiger partial charge in [-0.1, -0.05) is 50.2 Å². The fourth-order valence-electron chi connectivity index (χ4n) is 2.53. The van der Waals surface area contributed by atoms with Gasteiger partial charge in [0.25, 0.3) is 0 Å². The summed E-state index contributed by atoms with van der Waals surface area (Å²) in [5.74, 6) is 0. The second kappa shape index (κ2) is 6.36. The van der Waals surface area contributed by atoms with Gasteiger partial charge in [0.2, 0.25) is 0 Å². The lowest BCUT2D eigenvalue weighted by Gasteiger charge is -2.29. The smallest absolute Gasteiger partial charge is 0.0302 e. The van der Waals surface area contributed by atoms with Crippen molar-refractivity contribution in [3.8, 4) is 0 Å². The molecule has 0 saturated carbocycles. The lowest BCUT2D eigenvalue weighted by atomic mass is 9.79. The molecule has 2 heteroatoms. The molecule has 0 radical (unpaired) electrons. The van der Waals surface area contributed by atoms with Crippen molar-refractivity contribution >= 4 is 11.3 Å². The molecule has 1 aromatic heterocycles. The molecule has 0 bridgehead atoms. The Labute approximate surface area is 120 Å². The molecule has 1 atom stereocenters. The third-order valence-corrected chi connectivity index (χ3v) is 4.45. The van der Waals surface area contributed by atoms with Crippen molar-refractivity contribution in [2.75, 3.05) is 0 Å². The molecule has 0 spiro atoms. The summed E-state index contributed by atoms with van der Waals surface area (Å²) in [4.78, 5) is 1.41. The minimum Gasteiger partial charge on any atom is -0.309 e. The first-order valence-electron chi connectivity index (χ1n) is 6.89. The Hall–Kier alpha value is -1.12. The van der Waals surface area contributed by atoms with Crippen LogP contribution in [0.25, 0.3) is 0 Å². The molecule has 0 aliphatic rings. The maximum atomic E-state index is 3.62. The van der Waals surface area contributed by atoms with Gasteiger partial charge in [0.05, 0.1) is 0 Å². The lowest BCUT2D eigenvalue weighted by molar-refractivity contribution is 0.389. The van der Waals surface area contributed by atoms with Gasteiger partial charge in [0, 0.05) is 17.5 Å². The van der Waals surface area contributed by atoms with Crippen LogP contribution in [-0.4, -0.2) is 6.04 Å². The van der Waals surface area contributed by atoms with E-state index in [2.05, 4.69) is 73.9 Å². The topological polar surface area (TPSA) is 12.0 Å². The third-order valence-electron chi connectivity index (χ3n) is 3.58. The zero-order chi connectivity index (χ0) is 13.7. The van der Waals surface area contributed by atoms with Crippen LogP contribution in [0.2, 0.25) is 0 Å². The van der Waals surface area contributed by atoms with Gasteiger partial charge in [-0.15, -0.1) is 11.3 Å². The van der Waals surface area contributed by atoms with E-state index in [-0.39, 0.29) is 5.41 Å². The SMILES string of the molecule is CC(CC(C)(C)c1ccccc1)NCc1cccs1. The molecular weight excluding hydrogens is 250 g/mol. The quantitative estimate of drug-likeness (QED) is 0.811. The predicted octanol–water partition coefficient (Wildman–Crippen LogP) is 4.59. The van der Waals surface area contributed by atoms with Crippen LogP contribution in [0.15, 0.2) is 47.8 Å². The number of hydrogen-bond acceptors (Lipinski definition) is 2. The number of nitrogens with one attached hydrogen (secondary N) is 1. The van der Waals surface area contributed by atoms with E-state index >= 15 is 0 Å². The Morgan fingerprint density at radius 1 is 1.11 bits per heavy atom. The van der Waals surface area contributed by atoms with Crippen molar-refractivity contribution in [1.29, 1.82) is 0 Å². The summed E-state index contributed by atoms with van der Waals surface area (Å²) in [7, 11) is 0. The molecule has 0 amide bonds. The van der Waals surface area contributed by atoms with Crippen LogP contribution < -0.4 is 5.32 Å². The van der Waals surface area contributed by atoms with Crippen LogP contribution in [0.1, 0.15) is 37.6 Å². The minimum absolute atomic E-state index is 0.211. The number of rotatable bonds is 6. The highest BCUT2D eigenvalue weighted by Gasteiger charge is 2.22. The second-order valence-electron chi connectivity index (χ2n) is 5.82. The first kappa shape index (κ1) is 14.3. The molecule has 0 aliphatic heterocycles. The van der Waals surface area contributed by atoms with Crippen LogP contribution in [0.3, 0.4) is 0 Å². The van der Waals surface area contributed by atoms with Crippen LogP contribution in [0, 0.1) is 0 Å². The van der Waals surface area contributed by atoms with Gasteiger partial charge in [-0.05, 0) is 35.8 Å². The van der Waals surface area contributed by atoms with E-state index in [9.17, 15) is 0 Å². The monoisotopic (exact) mass is 273 g/mol. The summed E-state index contributed by atoms with van der Waals surface area (Å²) in [5, 5.41) is 5.76. The van der Waals surface area contributed by atoms with Crippen LogP contribution in [0.4, 0.5) is 0 Å². The fraction of sp³-hybridized carbons (Fsp3) is 0.412. The number of thiophene rings is 1. The predicted molar refractivity (Wildman–Crippen MR) is 84.7 cm³/mol. The molecule has 1 heterocycles. The van der Waals surface area contributed by atoms with Gasteiger partial charge in [0.1, 0.15) is 0 Å². The highest BCUT2D eigenvalue weighted by Crippen LogP contribution is 2.28. The van der Waals surface area contributed by atoms with E-state index in [0.29, 0.717) is 6.04 Å². The van der Waals surface area contributed by atoms with E-state index in [0.717, 1.165) is 13.0 Å². The molecule has 102 valence electrons. The van der Waals surface area contributed by atoms with E-state index < -0.39 is 0 Å². The van der Waals surface area contributed by atoms with E-state index in [1.165, 1.54) is 10.4 Å². The Kier molecular flexibility index (Phi) is 4.78. The van der Waals surface area contributed by atoms with Crippen molar-refractivity contribution in [1.82, 2.24) is 5.32 Å². The standard InChI is InChI=1S/C17H23NS/c1-14(18-13-16-10-7-11-19-16)12-17(2,3)15-8-5-4-6-9-15/h4-11,14,18H,12-13H2,1-3H3. The van der Waals surface area contributed by atoms with Crippen molar-refractivity contribution in [2.24, 2.45) is 0 Å². The average molecular weight is 273 g/mol. The molecule has 1 aromatic carbocycles. The summed E-state index contributed by atoms with van der Waals surface area (Å²) in [6.45, 7) is 7.90. The Bertz CT molecular complexity index is 473. The zero-order valence-electron chi connectivity index (χ0n) is 12.0. The Morgan fingerprint density at radius 3 is 2.47 bits per heavy atom. The highest BCUT2D eigenvalue weighted by molar-refractivity contribution is 7.09. The van der Waals surface area contributed by atoms with Gasteiger partial charge in [0.15, 0.2) is 0 Å². The summed E-state index contributed by atoms with van der Waals surface area (Å²) < 4.78 is 0. The molecule has 2 rings (SSSR count). The summed E-state index contributed by atoms with van der Waals surface area (Å²) in [6, 6.07) is 15.6. The van der Waals surface area contributed by atoms with Crippen molar-refractivity contribution in [2.45, 2.75) is 45.2 Å². The normalized spacial score (nSPS) is 13.4. The van der Waals surface area contributed by atoms with Gasteiger partial charge >= 0.3 is 0 Å². The summed E-state index contributed by atoms with van der Waals surface area (Å²) in [5.41, 5.74) is 1.63. The molecule has 2 aromatic rings. The molecule has 0 fully saturated rings. The lowest BCUT2D eigenvalue weighted by Crippen LogP contribution is -2.32. The Morgan fingerprint density at radius 2 is 1.84 bits per heavy atom. The maximum absolute atomic E-state index is 3.62. The summed E-state index contributed by atoms with van der Waals surface area (Å²) >= 11 is 1.82. The summed E-state index contributed by atoms with van der Waals surface area (Å²) in [6.07, 6.45) is 1.14. The third kappa shape index (κ3) is 4.19. The average Bonchev–Trinajstić information content (AvgIpc) is 2.90. The zero-order valence-corrected chi connectivity index (χ0v) is 12.8. The number of hydrogen-bond donors (Lipinski definition) is 1. The molecule has 19 heavy (non-hydrogen) atoms. The molecule has 1 N–H and O–H groups in total. The highest BCUT2D eigenvalue weighted by atomic mass is 32.1. The van der Waals surface area contributed by atoms with Crippen LogP contribution in [-0.2, 0) is 12.0 Å². The van der Waals surface area contributed by atoms with Gasteiger partial charge in [-0.2, -0.15) is 0 Å².